The Labute approximate surface area is 138 Å². The van der Waals surface area contributed by atoms with Gasteiger partial charge in [0.1, 0.15) is 5.75 Å². The predicted molar refractivity (Wildman–Crippen MR) is 95.6 cm³/mol. The van der Waals surface area contributed by atoms with Crippen LogP contribution in [-0.2, 0) is 0 Å². The fraction of sp³-hybridized carbons (Fsp3) is 0.625. The molecule has 114 valence electrons. The monoisotopic (exact) mass is 376 g/mol. The second kappa shape index (κ2) is 6.84. The molecule has 0 saturated carbocycles. The van der Waals surface area contributed by atoms with E-state index in [1.165, 1.54) is 0 Å². The average molecular weight is 378 g/mol. The summed E-state index contributed by atoms with van der Waals surface area (Å²) in [7, 11) is -1.94. The molecule has 0 bridgehead atoms. The van der Waals surface area contributed by atoms with E-state index in [-0.39, 0.29) is 0 Å². The Balaban J connectivity index is 3.31. The molecular weight excluding hydrogens is 352 g/mol. The highest BCUT2D eigenvalue weighted by Gasteiger charge is 2.47. The van der Waals surface area contributed by atoms with E-state index in [9.17, 15) is 0 Å². The summed E-state index contributed by atoms with van der Waals surface area (Å²) in [5.74, 6) is 0.843. The second-order valence-corrected chi connectivity index (χ2v) is 13.0. The van der Waals surface area contributed by atoms with Crippen LogP contribution in [0.2, 0.25) is 21.6 Å². The van der Waals surface area contributed by atoms with E-state index < -0.39 is 8.32 Å². The first-order valence-electron chi connectivity index (χ1n) is 7.28. The van der Waals surface area contributed by atoms with Crippen molar-refractivity contribution >= 4 is 35.8 Å². The molecule has 0 N–H and O–H groups in total. The van der Waals surface area contributed by atoms with Crippen LogP contribution in [0.4, 0.5) is 0 Å². The van der Waals surface area contributed by atoms with Gasteiger partial charge in [0.05, 0.1) is 5.02 Å². The highest BCUT2D eigenvalue weighted by Crippen LogP contribution is 2.45. The lowest BCUT2D eigenvalue weighted by molar-refractivity contribution is 0.479. The minimum Gasteiger partial charge on any atom is -0.542 e. The molecule has 1 aromatic rings. The van der Waals surface area contributed by atoms with Crippen molar-refractivity contribution in [2.75, 3.05) is 0 Å². The van der Waals surface area contributed by atoms with Crippen molar-refractivity contribution in [2.24, 2.45) is 0 Å². The minimum absolute atomic E-state index is 0.544. The Kier molecular flexibility index (Phi) is 6.18. The molecule has 1 rings (SSSR count). The van der Waals surface area contributed by atoms with Crippen molar-refractivity contribution in [1.29, 1.82) is 0 Å². The van der Waals surface area contributed by atoms with Crippen LogP contribution in [0.1, 0.15) is 47.1 Å². The largest absolute Gasteiger partial charge is 0.542 e. The molecule has 0 fully saturated rings. The van der Waals surface area contributed by atoms with Gasteiger partial charge in [-0.25, -0.2) is 0 Å². The molecule has 0 aliphatic rings. The summed E-state index contributed by atoms with van der Waals surface area (Å²) in [5, 5.41) is 0.734. The molecule has 0 atom stereocenters. The van der Waals surface area contributed by atoms with Crippen molar-refractivity contribution in [2.45, 2.75) is 65.1 Å². The zero-order valence-electron chi connectivity index (χ0n) is 13.6. The highest BCUT2D eigenvalue weighted by atomic mass is 79.9. The molecule has 0 spiro atoms. The summed E-state index contributed by atoms with van der Waals surface area (Å²) < 4.78 is 7.67. The molecule has 1 aromatic carbocycles. The van der Waals surface area contributed by atoms with Gasteiger partial charge in [-0.05, 0) is 41.2 Å². The SMILES string of the molecule is Cc1c(Br)ccc(O[Si](C(C)C)(C(C)C)C(C)C)c1Cl. The van der Waals surface area contributed by atoms with E-state index in [4.69, 9.17) is 16.0 Å². The van der Waals surface area contributed by atoms with Gasteiger partial charge in [0.25, 0.3) is 8.32 Å². The van der Waals surface area contributed by atoms with Crippen LogP contribution in [0.5, 0.6) is 5.75 Å². The van der Waals surface area contributed by atoms with Gasteiger partial charge in [-0.1, -0.05) is 69.1 Å². The van der Waals surface area contributed by atoms with Gasteiger partial charge < -0.3 is 4.43 Å². The van der Waals surface area contributed by atoms with Crippen LogP contribution in [0.25, 0.3) is 0 Å². The molecule has 0 unspecified atom stereocenters. The highest BCUT2D eigenvalue weighted by molar-refractivity contribution is 9.10. The van der Waals surface area contributed by atoms with Crippen LogP contribution < -0.4 is 4.43 Å². The topological polar surface area (TPSA) is 9.23 Å². The second-order valence-electron chi connectivity index (χ2n) is 6.40. The Bertz CT molecular complexity index is 450. The molecule has 0 saturated heterocycles. The quantitative estimate of drug-likeness (QED) is 0.503. The van der Waals surface area contributed by atoms with Gasteiger partial charge in [-0.15, -0.1) is 0 Å². The average Bonchev–Trinajstić information content (AvgIpc) is 2.34. The van der Waals surface area contributed by atoms with E-state index in [1.54, 1.807) is 0 Å². The van der Waals surface area contributed by atoms with E-state index in [0.717, 1.165) is 20.8 Å². The maximum absolute atomic E-state index is 6.64. The third-order valence-electron chi connectivity index (χ3n) is 4.28. The fourth-order valence-electron chi connectivity index (χ4n) is 3.26. The third kappa shape index (κ3) is 3.25. The van der Waals surface area contributed by atoms with Gasteiger partial charge >= 0.3 is 0 Å². The summed E-state index contributed by atoms with van der Waals surface area (Å²) in [4.78, 5) is 0. The van der Waals surface area contributed by atoms with Crippen molar-refractivity contribution < 1.29 is 4.43 Å². The Morgan fingerprint density at radius 2 is 1.45 bits per heavy atom. The van der Waals surface area contributed by atoms with Gasteiger partial charge in [0, 0.05) is 4.47 Å². The summed E-state index contributed by atoms with van der Waals surface area (Å²) in [6.07, 6.45) is 0. The van der Waals surface area contributed by atoms with Gasteiger partial charge in [0.2, 0.25) is 0 Å². The van der Waals surface area contributed by atoms with Gasteiger partial charge in [0.15, 0.2) is 0 Å². The molecule has 20 heavy (non-hydrogen) atoms. The molecule has 4 heteroatoms. The molecule has 1 nitrogen and oxygen atoms in total. The summed E-state index contributed by atoms with van der Waals surface area (Å²) >= 11 is 10.0. The standard InChI is InChI=1S/C16H26BrClOSi/c1-10(2)20(11(3)4,12(5)6)19-15-9-8-14(17)13(7)16(15)18/h8-12H,1-7H3. The lowest BCUT2D eigenvalue weighted by atomic mass is 10.2. The van der Waals surface area contributed by atoms with Crippen LogP contribution in [-0.4, -0.2) is 8.32 Å². The fourth-order valence-corrected chi connectivity index (χ4v) is 9.23. The lowest BCUT2D eigenvalue weighted by Gasteiger charge is -2.42. The van der Waals surface area contributed by atoms with Crippen molar-refractivity contribution in [1.82, 2.24) is 0 Å². The van der Waals surface area contributed by atoms with Crippen molar-refractivity contribution in [3.8, 4) is 5.75 Å². The number of halogens is 2. The first-order valence-corrected chi connectivity index (χ1v) is 10.6. The smallest absolute Gasteiger partial charge is 0.258 e. The molecule has 0 amide bonds. The van der Waals surface area contributed by atoms with Crippen LogP contribution in [0, 0.1) is 6.92 Å². The van der Waals surface area contributed by atoms with Crippen LogP contribution >= 0.6 is 27.5 Å². The Hall–Kier alpha value is 0.00688. The zero-order valence-corrected chi connectivity index (χ0v) is 16.9. The minimum atomic E-state index is -1.94. The molecular formula is C16H26BrClOSi. The first-order chi connectivity index (χ1) is 9.14. The van der Waals surface area contributed by atoms with Crippen molar-refractivity contribution in [3.05, 3.63) is 27.2 Å². The van der Waals surface area contributed by atoms with E-state index in [2.05, 4.69) is 57.5 Å². The maximum Gasteiger partial charge on any atom is 0.258 e. The van der Waals surface area contributed by atoms with Gasteiger partial charge in [-0.3, -0.25) is 0 Å². The Morgan fingerprint density at radius 1 is 1.00 bits per heavy atom. The lowest BCUT2D eigenvalue weighted by Crippen LogP contribution is -2.50. The normalized spacial score (nSPS) is 12.6. The number of hydrogen-bond acceptors (Lipinski definition) is 1. The molecule has 0 aliphatic heterocycles. The van der Waals surface area contributed by atoms with E-state index >= 15 is 0 Å². The molecule has 0 aromatic heterocycles. The molecule has 0 heterocycles. The van der Waals surface area contributed by atoms with Gasteiger partial charge in [-0.2, -0.15) is 0 Å². The van der Waals surface area contributed by atoms with E-state index in [0.29, 0.717) is 16.6 Å². The number of hydrogen-bond donors (Lipinski definition) is 0. The zero-order chi connectivity index (χ0) is 15.7. The van der Waals surface area contributed by atoms with Crippen LogP contribution in [0.15, 0.2) is 16.6 Å². The molecule has 0 radical (unpaired) electrons. The van der Waals surface area contributed by atoms with Crippen LogP contribution in [0.3, 0.4) is 0 Å². The summed E-state index contributed by atoms with van der Waals surface area (Å²) in [6, 6.07) is 4.02. The number of benzene rings is 1. The maximum atomic E-state index is 6.64. The summed E-state index contributed by atoms with van der Waals surface area (Å²) in [6.45, 7) is 15.7. The third-order valence-corrected chi connectivity index (χ3v) is 11.6. The van der Waals surface area contributed by atoms with Crippen molar-refractivity contribution in [3.63, 3.8) is 0 Å². The number of rotatable bonds is 5. The molecule has 0 aliphatic carbocycles. The Morgan fingerprint density at radius 3 is 1.85 bits per heavy atom. The first kappa shape index (κ1) is 18.1. The summed E-state index contributed by atoms with van der Waals surface area (Å²) in [5.41, 5.74) is 2.68. The predicted octanol–water partition coefficient (Wildman–Crippen LogP) is 6.97. The van der Waals surface area contributed by atoms with E-state index in [1.807, 2.05) is 19.1 Å².